The summed E-state index contributed by atoms with van der Waals surface area (Å²) in [4.78, 5) is 22.0. The molecule has 1 aromatic rings. The Morgan fingerprint density at radius 3 is 2.60 bits per heavy atom. The zero-order valence-corrected chi connectivity index (χ0v) is 8.40. The Morgan fingerprint density at radius 1 is 1.40 bits per heavy atom. The van der Waals surface area contributed by atoms with Gasteiger partial charge >= 0.3 is 0 Å². The molecule has 0 saturated carbocycles. The number of nitrogens with one attached hydrogen (secondary N) is 1. The van der Waals surface area contributed by atoms with Crippen LogP contribution in [0.15, 0.2) is 18.2 Å². The Labute approximate surface area is 86.7 Å². The quantitative estimate of drug-likeness (QED) is 0.750. The summed E-state index contributed by atoms with van der Waals surface area (Å²) in [5, 5.41) is 11.4. The monoisotopic (exact) mass is 209 g/mol. The van der Waals surface area contributed by atoms with E-state index >= 15 is 0 Å². The number of phenolic OH excluding ortho intramolecular Hbond substituents is 1. The number of hydrogen-bond acceptors (Lipinski definition) is 4. The lowest BCUT2D eigenvalue weighted by atomic mass is 10.2. The van der Waals surface area contributed by atoms with Crippen LogP contribution in [0.25, 0.3) is 0 Å². The second kappa shape index (κ2) is 4.45. The minimum atomic E-state index is -0.527. The van der Waals surface area contributed by atoms with Crippen molar-refractivity contribution in [3.05, 3.63) is 23.8 Å². The molecule has 5 nitrogen and oxygen atoms in total. The lowest BCUT2D eigenvalue weighted by molar-refractivity contribution is -0.118. The van der Waals surface area contributed by atoms with Gasteiger partial charge < -0.3 is 9.84 Å². The van der Waals surface area contributed by atoms with Crippen molar-refractivity contribution in [2.24, 2.45) is 0 Å². The third-order valence-corrected chi connectivity index (χ3v) is 1.73. The number of rotatable bonds is 2. The SMILES string of the molecule is COc1cc(C(=O)NC(C)=O)ccc1O. The maximum Gasteiger partial charge on any atom is 0.257 e. The predicted molar refractivity (Wildman–Crippen MR) is 52.8 cm³/mol. The van der Waals surface area contributed by atoms with E-state index < -0.39 is 11.8 Å². The molecule has 0 saturated heterocycles. The van der Waals surface area contributed by atoms with Crippen LogP contribution in [-0.2, 0) is 4.79 Å². The third kappa shape index (κ3) is 2.70. The molecule has 1 rings (SSSR count). The molecule has 0 spiro atoms. The summed E-state index contributed by atoms with van der Waals surface area (Å²) in [7, 11) is 1.38. The summed E-state index contributed by atoms with van der Waals surface area (Å²) < 4.78 is 4.83. The van der Waals surface area contributed by atoms with Crippen LogP contribution >= 0.6 is 0 Å². The van der Waals surface area contributed by atoms with Crippen molar-refractivity contribution < 1.29 is 19.4 Å². The second-order valence-corrected chi connectivity index (χ2v) is 2.90. The summed E-state index contributed by atoms with van der Waals surface area (Å²) in [5.74, 6) is -0.837. The van der Waals surface area contributed by atoms with Crippen molar-refractivity contribution in [3.8, 4) is 11.5 Å². The number of carbonyl (C=O) groups excluding carboxylic acids is 2. The summed E-state index contributed by atoms with van der Waals surface area (Å²) in [5.41, 5.74) is 0.250. The van der Waals surface area contributed by atoms with Crippen LogP contribution in [0.2, 0.25) is 0 Å². The van der Waals surface area contributed by atoms with Crippen molar-refractivity contribution in [1.82, 2.24) is 5.32 Å². The molecule has 0 aliphatic rings. The highest BCUT2D eigenvalue weighted by Gasteiger charge is 2.10. The fraction of sp³-hybridized carbons (Fsp3) is 0.200. The smallest absolute Gasteiger partial charge is 0.257 e. The Hall–Kier alpha value is -2.04. The molecule has 0 aliphatic carbocycles. The van der Waals surface area contributed by atoms with E-state index in [0.717, 1.165) is 0 Å². The van der Waals surface area contributed by atoms with Gasteiger partial charge in [0, 0.05) is 12.5 Å². The van der Waals surface area contributed by atoms with Crippen molar-refractivity contribution in [2.75, 3.05) is 7.11 Å². The minimum absolute atomic E-state index is 0.0584. The highest BCUT2D eigenvalue weighted by Crippen LogP contribution is 2.26. The van der Waals surface area contributed by atoms with Crippen LogP contribution < -0.4 is 10.1 Å². The molecule has 0 radical (unpaired) electrons. The minimum Gasteiger partial charge on any atom is -0.504 e. The molecule has 2 N–H and O–H groups in total. The van der Waals surface area contributed by atoms with E-state index in [4.69, 9.17) is 4.74 Å². The zero-order valence-electron chi connectivity index (χ0n) is 8.40. The molecule has 0 unspecified atom stereocenters. The van der Waals surface area contributed by atoms with Gasteiger partial charge in [0.25, 0.3) is 5.91 Å². The molecule has 5 heteroatoms. The third-order valence-electron chi connectivity index (χ3n) is 1.73. The van der Waals surface area contributed by atoms with Gasteiger partial charge in [0.05, 0.1) is 7.11 Å². The fourth-order valence-corrected chi connectivity index (χ4v) is 1.05. The molecular weight excluding hydrogens is 198 g/mol. The average Bonchev–Trinajstić information content (AvgIpc) is 2.17. The number of phenols is 1. The average molecular weight is 209 g/mol. The Morgan fingerprint density at radius 2 is 2.07 bits per heavy atom. The van der Waals surface area contributed by atoms with E-state index in [1.165, 1.54) is 32.2 Å². The van der Waals surface area contributed by atoms with E-state index in [1.54, 1.807) is 0 Å². The van der Waals surface area contributed by atoms with Crippen molar-refractivity contribution >= 4 is 11.8 Å². The van der Waals surface area contributed by atoms with Crippen molar-refractivity contribution in [1.29, 1.82) is 0 Å². The first-order valence-electron chi connectivity index (χ1n) is 4.23. The molecule has 0 aromatic heterocycles. The molecule has 80 valence electrons. The van der Waals surface area contributed by atoms with Gasteiger partial charge in [-0.1, -0.05) is 0 Å². The number of aromatic hydroxyl groups is 1. The van der Waals surface area contributed by atoms with Crippen LogP contribution in [0.5, 0.6) is 11.5 Å². The molecule has 0 fully saturated rings. The number of carbonyl (C=O) groups is 2. The first-order valence-corrected chi connectivity index (χ1v) is 4.23. The van der Waals surface area contributed by atoms with Gasteiger partial charge in [-0.15, -0.1) is 0 Å². The molecule has 15 heavy (non-hydrogen) atoms. The zero-order chi connectivity index (χ0) is 11.4. The topological polar surface area (TPSA) is 75.6 Å². The molecular formula is C10H11NO4. The molecule has 2 amide bonds. The fourth-order valence-electron chi connectivity index (χ4n) is 1.05. The Kier molecular flexibility index (Phi) is 3.28. The highest BCUT2D eigenvalue weighted by atomic mass is 16.5. The maximum absolute atomic E-state index is 11.4. The predicted octanol–water partition coefficient (Wildman–Crippen LogP) is 0.677. The van der Waals surface area contributed by atoms with Crippen LogP contribution in [0.1, 0.15) is 17.3 Å². The van der Waals surface area contributed by atoms with Crippen LogP contribution in [-0.4, -0.2) is 24.0 Å². The molecule has 0 aliphatic heterocycles. The molecule has 0 heterocycles. The van der Waals surface area contributed by atoms with Crippen LogP contribution in [0, 0.1) is 0 Å². The van der Waals surface area contributed by atoms with E-state index in [0.29, 0.717) is 0 Å². The largest absolute Gasteiger partial charge is 0.504 e. The molecule has 0 atom stereocenters. The first-order chi connectivity index (χ1) is 7.04. The van der Waals surface area contributed by atoms with Crippen LogP contribution in [0.4, 0.5) is 0 Å². The highest BCUT2D eigenvalue weighted by molar-refractivity contribution is 6.04. The van der Waals surface area contributed by atoms with Gasteiger partial charge in [0.1, 0.15) is 0 Å². The van der Waals surface area contributed by atoms with E-state index in [9.17, 15) is 14.7 Å². The van der Waals surface area contributed by atoms with Gasteiger partial charge in [-0.3, -0.25) is 14.9 Å². The summed E-state index contributed by atoms with van der Waals surface area (Å²) >= 11 is 0. The maximum atomic E-state index is 11.4. The number of hydrogen-bond donors (Lipinski definition) is 2. The standard InChI is InChI=1S/C10H11NO4/c1-6(12)11-10(14)7-3-4-8(13)9(5-7)15-2/h3-5,13H,1-2H3,(H,11,12,14). The summed E-state index contributed by atoms with van der Waals surface area (Å²) in [6.07, 6.45) is 0. The van der Waals surface area contributed by atoms with Crippen molar-refractivity contribution in [2.45, 2.75) is 6.92 Å². The lowest BCUT2D eigenvalue weighted by Gasteiger charge is -2.05. The molecule has 1 aromatic carbocycles. The van der Waals surface area contributed by atoms with Gasteiger partial charge in [-0.2, -0.15) is 0 Å². The van der Waals surface area contributed by atoms with E-state index in [1.807, 2.05) is 0 Å². The van der Waals surface area contributed by atoms with E-state index in [2.05, 4.69) is 5.32 Å². The van der Waals surface area contributed by atoms with Gasteiger partial charge in [0.15, 0.2) is 11.5 Å². The number of imide groups is 1. The number of methoxy groups -OCH3 is 1. The van der Waals surface area contributed by atoms with E-state index in [-0.39, 0.29) is 17.1 Å². The number of benzene rings is 1. The second-order valence-electron chi connectivity index (χ2n) is 2.90. The lowest BCUT2D eigenvalue weighted by Crippen LogP contribution is -2.27. The number of ether oxygens (including phenoxy) is 1. The molecule has 0 bridgehead atoms. The van der Waals surface area contributed by atoms with Gasteiger partial charge in [0.2, 0.25) is 5.91 Å². The van der Waals surface area contributed by atoms with Crippen molar-refractivity contribution in [3.63, 3.8) is 0 Å². The summed E-state index contributed by atoms with van der Waals surface area (Å²) in [6, 6.07) is 4.08. The van der Waals surface area contributed by atoms with Gasteiger partial charge in [-0.05, 0) is 18.2 Å². The Balaban J connectivity index is 2.95. The Bertz CT molecular complexity index is 400. The van der Waals surface area contributed by atoms with Crippen LogP contribution in [0.3, 0.4) is 0 Å². The first kappa shape index (κ1) is 11.0. The normalized spacial score (nSPS) is 9.47. The summed E-state index contributed by atoms with van der Waals surface area (Å²) in [6.45, 7) is 1.25. The van der Waals surface area contributed by atoms with Gasteiger partial charge in [-0.25, -0.2) is 0 Å². The number of amides is 2.